The van der Waals surface area contributed by atoms with Crippen LogP contribution in [0.1, 0.15) is 19.2 Å². The fraction of sp³-hybridized carbons (Fsp3) is 0.400. The number of fused-ring (bicyclic) bond motifs is 1. The normalized spacial score (nSPS) is 12.6. The van der Waals surface area contributed by atoms with Crippen molar-refractivity contribution < 1.29 is 8.78 Å². The number of nitriles is 1. The van der Waals surface area contributed by atoms with E-state index < -0.39 is 12.2 Å². The van der Waals surface area contributed by atoms with Crippen LogP contribution in [0, 0.1) is 17.2 Å². The van der Waals surface area contributed by atoms with Gasteiger partial charge in [-0.05, 0) is 19.1 Å². The van der Waals surface area contributed by atoms with Crippen molar-refractivity contribution in [3.63, 3.8) is 0 Å². The summed E-state index contributed by atoms with van der Waals surface area (Å²) in [5, 5.41) is 22.4. The third kappa shape index (κ3) is 2.34. The lowest BCUT2D eigenvalue weighted by Gasteiger charge is -2.06. The molecule has 0 aliphatic rings. The number of anilines is 1. The van der Waals surface area contributed by atoms with Crippen LogP contribution < -0.4 is 5.32 Å². The molecule has 0 aromatic carbocycles. The summed E-state index contributed by atoms with van der Waals surface area (Å²) < 4.78 is 26.2. The highest BCUT2D eigenvalue weighted by molar-refractivity contribution is 5.44. The van der Waals surface area contributed by atoms with E-state index in [0.717, 1.165) is 4.52 Å². The summed E-state index contributed by atoms with van der Waals surface area (Å²) in [5.41, 5.74) is 0.254. The average Bonchev–Trinajstić information content (AvgIpc) is 2.78. The lowest BCUT2D eigenvalue weighted by Crippen LogP contribution is -2.12. The Morgan fingerprint density at radius 1 is 1.44 bits per heavy atom. The third-order valence-electron chi connectivity index (χ3n) is 2.29. The van der Waals surface area contributed by atoms with Gasteiger partial charge in [-0.1, -0.05) is 0 Å². The Morgan fingerprint density at radius 2 is 2.22 bits per heavy atom. The van der Waals surface area contributed by atoms with Crippen LogP contribution in [0.2, 0.25) is 0 Å². The van der Waals surface area contributed by atoms with Crippen LogP contribution in [-0.4, -0.2) is 26.4 Å². The molecule has 2 aromatic heterocycles. The Hall–Kier alpha value is -2.30. The zero-order valence-electron chi connectivity index (χ0n) is 9.51. The molecular weight excluding hydrogens is 242 g/mol. The summed E-state index contributed by atoms with van der Waals surface area (Å²) in [6, 6.07) is 5.19. The topological polar surface area (TPSA) is 78.9 Å². The zero-order valence-corrected chi connectivity index (χ0v) is 9.51. The van der Waals surface area contributed by atoms with Crippen molar-refractivity contribution in [2.75, 3.05) is 11.9 Å². The van der Waals surface area contributed by atoms with Crippen LogP contribution in [0.25, 0.3) is 5.65 Å². The Balaban J connectivity index is 2.26. The molecule has 2 aromatic rings. The number of alkyl halides is 2. The van der Waals surface area contributed by atoms with Gasteiger partial charge in [-0.15, -0.1) is 15.3 Å². The lowest BCUT2D eigenvalue weighted by atomic mass is 10.2. The number of hydrogen-bond acceptors (Lipinski definition) is 5. The summed E-state index contributed by atoms with van der Waals surface area (Å²) in [6.07, 6.45) is -2.74. The molecule has 0 amide bonds. The Kier molecular flexibility index (Phi) is 3.32. The molecule has 1 N–H and O–H groups in total. The van der Waals surface area contributed by atoms with Crippen molar-refractivity contribution in [3.05, 3.63) is 18.0 Å². The Labute approximate surface area is 101 Å². The van der Waals surface area contributed by atoms with Gasteiger partial charge in [0.2, 0.25) is 5.82 Å². The fourth-order valence-corrected chi connectivity index (χ4v) is 1.34. The second-order valence-corrected chi connectivity index (χ2v) is 3.76. The number of halogens is 2. The Morgan fingerprint density at radius 3 is 2.89 bits per heavy atom. The van der Waals surface area contributed by atoms with Crippen molar-refractivity contribution in [1.29, 1.82) is 5.26 Å². The van der Waals surface area contributed by atoms with E-state index in [0.29, 0.717) is 12.4 Å². The largest absolute Gasteiger partial charge is 0.367 e. The molecule has 0 fully saturated rings. The van der Waals surface area contributed by atoms with E-state index in [1.165, 1.54) is 6.07 Å². The second kappa shape index (κ2) is 4.91. The highest BCUT2D eigenvalue weighted by Gasteiger charge is 2.16. The molecule has 0 saturated heterocycles. The van der Waals surface area contributed by atoms with E-state index in [9.17, 15) is 8.78 Å². The SMILES string of the molecule is CC(C#N)CNc1ccc2nnc(C(F)F)n2n1. The zero-order chi connectivity index (χ0) is 13.1. The smallest absolute Gasteiger partial charge is 0.299 e. The van der Waals surface area contributed by atoms with Gasteiger partial charge in [-0.25, -0.2) is 8.78 Å². The minimum absolute atomic E-state index is 0.196. The van der Waals surface area contributed by atoms with Crippen molar-refractivity contribution in [2.45, 2.75) is 13.3 Å². The summed E-state index contributed by atoms with van der Waals surface area (Å²) in [6.45, 7) is 2.13. The molecule has 1 unspecified atom stereocenters. The predicted octanol–water partition coefficient (Wildman–Crippen LogP) is 1.63. The van der Waals surface area contributed by atoms with Crippen LogP contribution in [0.3, 0.4) is 0 Å². The minimum atomic E-state index is -2.74. The number of aromatic nitrogens is 4. The first-order chi connectivity index (χ1) is 8.61. The third-order valence-corrected chi connectivity index (χ3v) is 2.29. The summed E-state index contributed by atoms with van der Waals surface area (Å²) in [5.74, 6) is -0.300. The first-order valence-electron chi connectivity index (χ1n) is 5.26. The molecule has 18 heavy (non-hydrogen) atoms. The van der Waals surface area contributed by atoms with Crippen molar-refractivity contribution >= 4 is 11.5 Å². The first kappa shape index (κ1) is 12.2. The number of rotatable bonds is 4. The van der Waals surface area contributed by atoms with E-state index in [2.05, 4.69) is 26.7 Å². The average molecular weight is 252 g/mol. The summed E-state index contributed by atoms with van der Waals surface area (Å²) in [4.78, 5) is 0. The van der Waals surface area contributed by atoms with Gasteiger partial charge in [0.05, 0.1) is 12.0 Å². The van der Waals surface area contributed by atoms with Crippen LogP contribution >= 0.6 is 0 Å². The number of nitrogens with zero attached hydrogens (tertiary/aromatic N) is 5. The highest BCUT2D eigenvalue weighted by Crippen LogP contribution is 2.17. The van der Waals surface area contributed by atoms with Crippen LogP contribution in [0.15, 0.2) is 12.1 Å². The van der Waals surface area contributed by atoms with Gasteiger partial charge in [0.25, 0.3) is 6.43 Å². The van der Waals surface area contributed by atoms with Crippen molar-refractivity contribution in [1.82, 2.24) is 19.8 Å². The van der Waals surface area contributed by atoms with E-state index in [-0.39, 0.29) is 11.6 Å². The van der Waals surface area contributed by atoms with Crippen molar-refractivity contribution in [2.24, 2.45) is 5.92 Å². The van der Waals surface area contributed by atoms with Crippen molar-refractivity contribution in [3.8, 4) is 6.07 Å². The molecule has 0 bridgehead atoms. The molecule has 0 spiro atoms. The highest BCUT2D eigenvalue weighted by atomic mass is 19.3. The van der Waals surface area contributed by atoms with Gasteiger partial charge < -0.3 is 5.32 Å². The molecule has 1 atom stereocenters. The molecular formula is C10H10F2N6. The van der Waals surface area contributed by atoms with E-state index >= 15 is 0 Å². The number of hydrogen-bond donors (Lipinski definition) is 1. The monoisotopic (exact) mass is 252 g/mol. The van der Waals surface area contributed by atoms with E-state index in [4.69, 9.17) is 5.26 Å². The maximum atomic E-state index is 12.6. The number of nitrogens with one attached hydrogen (secondary N) is 1. The molecule has 94 valence electrons. The van der Waals surface area contributed by atoms with Crippen LogP contribution in [0.4, 0.5) is 14.6 Å². The second-order valence-electron chi connectivity index (χ2n) is 3.76. The standard InChI is InChI=1S/C10H10F2N6/c1-6(4-13)5-14-7-2-3-8-15-16-10(9(11)12)18(8)17-7/h2-3,6,9H,5H2,1H3,(H,14,17). The van der Waals surface area contributed by atoms with Crippen LogP contribution in [0.5, 0.6) is 0 Å². The molecule has 2 rings (SSSR count). The molecule has 0 aliphatic heterocycles. The Bertz CT molecular complexity index is 588. The van der Waals surface area contributed by atoms with Crippen LogP contribution in [-0.2, 0) is 0 Å². The molecule has 6 nitrogen and oxygen atoms in total. The predicted molar refractivity (Wildman–Crippen MR) is 59.0 cm³/mol. The summed E-state index contributed by atoms with van der Waals surface area (Å²) >= 11 is 0. The molecule has 2 heterocycles. The molecule has 0 saturated carbocycles. The van der Waals surface area contributed by atoms with Gasteiger partial charge >= 0.3 is 0 Å². The minimum Gasteiger partial charge on any atom is -0.367 e. The van der Waals surface area contributed by atoms with Gasteiger partial charge in [-0.2, -0.15) is 9.78 Å². The van der Waals surface area contributed by atoms with Gasteiger partial charge in [-0.3, -0.25) is 0 Å². The van der Waals surface area contributed by atoms with Gasteiger partial charge in [0.1, 0.15) is 5.82 Å². The van der Waals surface area contributed by atoms with E-state index in [1.807, 2.05) is 0 Å². The maximum Gasteiger partial charge on any atom is 0.299 e. The summed E-state index contributed by atoms with van der Waals surface area (Å²) in [7, 11) is 0. The van der Waals surface area contributed by atoms with E-state index in [1.54, 1.807) is 13.0 Å². The lowest BCUT2D eigenvalue weighted by molar-refractivity contribution is 0.137. The molecule has 0 aliphatic carbocycles. The quantitative estimate of drug-likeness (QED) is 0.894. The van der Waals surface area contributed by atoms with Gasteiger partial charge in [0, 0.05) is 6.54 Å². The molecule has 0 radical (unpaired) electrons. The first-order valence-corrected chi connectivity index (χ1v) is 5.26. The maximum absolute atomic E-state index is 12.6. The fourth-order valence-electron chi connectivity index (χ4n) is 1.34. The molecule has 8 heteroatoms. The van der Waals surface area contributed by atoms with Gasteiger partial charge in [0.15, 0.2) is 5.65 Å².